The normalized spacial score (nSPS) is 14.9. The molecule has 0 unspecified atom stereocenters. The maximum Gasteiger partial charge on any atom is 0.238 e. The first-order valence-electron chi connectivity index (χ1n) is 8.76. The van der Waals surface area contributed by atoms with Crippen LogP contribution in [0.4, 0.5) is 20.2 Å². The molecule has 0 aliphatic carbocycles. The van der Waals surface area contributed by atoms with E-state index in [-0.39, 0.29) is 29.6 Å². The molecule has 0 saturated carbocycles. The number of nitrogens with one attached hydrogen (secondary N) is 1. The zero-order valence-corrected chi connectivity index (χ0v) is 15.0. The molecule has 1 N–H and O–H groups in total. The molecule has 0 atom stereocenters. The van der Waals surface area contributed by atoms with E-state index in [9.17, 15) is 18.4 Å². The molecule has 1 fully saturated rings. The van der Waals surface area contributed by atoms with E-state index in [2.05, 4.69) is 5.32 Å². The highest BCUT2D eigenvalue weighted by Crippen LogP contribution is 2.25. The molecule has 0 spiro atoms. The van der Waals surface area contributed by atoms with E-state index in [1.165, 1.54) is 37.3 Å². The van der Waals surface area contributed by atoms with Gasteiger partial charge in [-0.3, -0.25) is 14.5 Å². The third kappa shape index (κ3) is 4.68. The summed E-state index contributed by atoms with van der Waals surface area (Å²) in [5.74, 6) is -1.35. The van der Waals surface area contributed by atoms with Crippen molar-refractivity contribution in [2.24, 2.45) is 0 Å². The molecule has 5 nitrogen and oxygen atoms in total. The van der Waals surface area contributed by atoms with Crippen LogP contribution in [0.3, 0.4) is 0 Å². The van der Waals surface area contributed by atoms with Crippen LogP contribution in [0.1, 0.15) is 17.3 Å². The van der Waals surface area contributed by atoms with Crippen LogP contribution >= 0.6 is 0 Å². The van der Waals surface area contributed by atoms with Gasteiger partial charge in [-0.1, -0.05) is 6.07 Å². The van der Waals surface area contributed by atoms with Gasteiger partial charge in [-0.05, 0) is 43.3 Å². The van der Waals surface area contributed by atoms with Gasteiger partial charge in [0.2, 0.25) is 5.91 Å². The van der Waals surface area contributed by atoms with Gasteiger partial charge in [-0.15, -0.1) is 0 Å². The van der Waals surface area contributed by atoms with Gasteiger partial charge in [-0.2, -0.15) is 0 Å². The highest BCUT2D eigenvalue weighted by molar-refractivity contribution is 6.00. The quantitative estimate of drug-likeness (QED) is 0.819. The smallest absolute Gasteiger partial charge is 0.238 e. The zero-order chi connectivity index (χ0) is 19.4. The summed E-state index contributed by atoms with van der Waals surface area (Å²) >= 11 is 0. The Morgan fingerprint density at radius 1 is 1.00 bits per heavy atom. The number of hydrogen-bond donors (Lipinski definition) is 1. The molecule has 0 radical (unpaired) electrons. The summed E-state index contributed by atoms with van der Waals surface area (Å²) in [7, 11) is 0. The van der Waals surface area contributed by atoms with Crippen LogP contribution in [-0.4, -0.2) is 49.3 Å². The Kier molecular flexibility index (Phi) is 5.81. The van der Waals surface area contributed by atoms with Gasteiger partial charge in [0.1, 0.15) is 11.6 Å². The number of halogens is 2. The maximum atomic E-state index is 14.0. The highest BCUT2D eigenvalue weighted by atomic mass is 19.1. The molecule has 2 aromatic carbocycles. The Balaban J connectivity index is 1.56. The lowest BCUT2D eigenvalue weighted by molar-refractivity contribution is -0.117. The third-order valence-electron chi connectivity index (χ3n) is 4.55. The monoisotopic (exact) mass is 373 g/mol. The summed E-state index contributed by atoms with van der Waals surface area (Å²) < 4.78 is 26.9. The Morgan fingerprint density at radius 3 is 2.30 bits per heavy atom. The van der Waals surface area contributed by atoms with Crippen molar-refractivity contribution < 1.29 is 18.4 Å². The highest BCUT2D eigenvalue weighted by Gasteiger charge is 2.23. The van der Waals surface area contributed by atoms with Crippen LogP contribution in [0, 0.1) is 11.6 Å². The minimum atomic E-state index is -0.513. The lowest BCUT2D eigenvalue weighted by atomic mass is 10.1. The van der Waals surface area contributed by atoms with Crippen LogP contribution in [0.15, 0.2) is 42.5 Å². The van der Waals surface area contributed by atoms with Gasteiger partial charge in [0.15, 0.2) is 5.78 Å². The maximum absolute atomic E-state index is 14.0. The van der Waals surface area contributed by atoms with Crippen LogP contribution in [0.2, 0.25) is 0 Å². The summed E-state index contributed by atoms with van der Waals surface area (Å²) in [5, 5.41) is 2.74. The first-order chi connectivity index (χ1) is 12.9. The second kappa shape index (κ2) is 8.26. The minimum Gasteiger partial charge on any atom is -0.368 e. The summed E-state index contributed by atoms with van der Waals surface area (Å²) in [6.45, 7) is 3.99. The first-order valence-corrected chi connectivity index (χ1v) is 8.76. The lowest BCUT2D eigenvalue weighted by Gasteiger charge is -2.36. The largest absolute Gasteiger partial charge is 0.368 e. The van der Waals surface area contributed by atoms with Crippen LogP contribution in [0.25, 0.3) is 0 Å². The third-order valence-corrected chi connectivity index (χ3v) is 4.55. The number of piperazine rings is 1. The van der Waals surface area contributed by atoms with E-state index in [4.69, 9.17) is 0 Å². The van der Waals surface area contributed by atoms with Gasteiger partial charge >= 0.3 is 0 Å². The molecule has 1 amide bonds. The number of amides is 1. The molecule has 1 aliphatic heterocycles. The molecule has 1 saturated heterocycles. The fourth-order valence-electron chi connectivity index (χ4n) is 3.21. The van der Waals surface area contributed by atoms with Crippen LogP contribution < -0.4 is 10.2 Å². The fourth-order valence-corrected chi connectivity index (χ4v) is 3.21. The minimum absolute atomic E-state index is 0.111. The predicted octanol–water partition coefficient (Wildman–Crippen LogP) is 2.93. The number of benzene rings is 2. The van der Waals surface area contributed by atoms with Gasteiger partial charge in [0.05, 0.1) is 17.8 Å². The topological polar surface area (TPSA) is 52.7 Å². The summed E-state index contributed by atoms with van der Waals surface area (Å²) in [5.41, 5.74) is 1.25. The molecule has 1 heterocycles. The number of rotatable bonds is 5. The van der Waals surface area contributed by atoms with E-state index >= 15 is 0 Å². The Bertz CT molecular complexity index is 832. The SMILES string of the molecule is CC(=O)c1c(F)cccc1N1CCN(CC(=O)Nc2ccc(F)cc2)CC1. The number of anilines is 2. The van der Waals surface area contributed by atoms with Gasteiger partial charge < -0.3 is 10.2 Å². The summed E-state index contributed by atoms with van der Waals surface area (Å²) in [6.07, 6.45) is 0. The molecule has 1 aliphatic rings. The van der Waals surface area contributed by atoms with Gasteiger partial charge in [-0.25, -0.2) is 8.78 Å². The van der Waals surface area contributed by atoms with Crippen molar-refractivity contribution in [3.63, 3.8) is 0 Å². The Labute approximate surface area is 156 Å². The predicted molar refractivity (Wildman–Crippen MR) is 100 cm³/mol. The second-order valence-corrected chi connectivity index (χ2v) is 6.51. The molecule has 2 aromatic rings. The average Bonchev–Trinajstić information content (AvgIpc) is 2.64. The zero-order valence-electron chi connectivity index (χ0n) is 15.0. The number of carbonyl (C=O) groups excluding carboxylic acids is 2. The molecule has 7 heteroatoms. The van der Waals surface area contributed by atoms with Crippen LogP contribution in [-0.2, 0) is 4.79 Å². The fraction of sp³-hybridized carbons (Fsp3) is 0.300. The van der Waals surface area contributed by atoms with E-state index in [0.29, 0.717) is 37.6 Å². The van der Waals surface area contributed by atoms with Crippen molar-refractivity contribution in [1.29, 1.82) is 0 Å². The number of nitrogens with zero attached hydrogens (tertiary/aromatic N) is 2. The summed E-state index contributed by atoms with van der Waals surface area (Å²) in [4.78, 5) is 27.9. The molecule has 27 heavy (non-hydrogen) atoms. The molecule has 142 valence electrons. The van der Waals surface area contributed by atoms with E-state index in [1.807, 2.05) is 9.80 Å². The van der Waals surface area contributed by atoms with E-state index in [0.717, 1.165) is 0 Å². The van der Waals surface area contributed by atoms with Crippen molar-refractivity contribution >= 4 is 23.1 Å². The Morgan fingerprint density at radius 2 is 1.67 bits per heavy atom. The van der Waals surface area contributed by atoms with Gasteiger partial charge in [0.25, 0.3) is 0 Å². The second-order valence-electron chi connectivity index (χ2n) is 6.51. The number of Topliss-reactive ketones (excluding diaryl/α,β-unsaturated/α-hetero) is 1. The molecule has 0 aromatic heterocycles. The standard InChI is InChI=1S/C20H21F2N3O2/c1-14(26)20-17(22)3-2-4-18(20)25-11-9-24(10-12-25)13-19(27)23-16-7-5-15(21)6-8-16/h2-8H,9-13H2,1H3,(H,23,27). The van der Waals surface area contributed by atoms with E-state index in [1.54, 1.807) is 12.1 Å². The number of hydrogen-bond acceptors (Lipinski definition) is 4. The molecular weight excluding hydrogens is 352 g/mol. The average molecular weight is 373 g/mol. The van der Waals surface area contributed by atoms with Crippen molar-refractivity contribution in [1.82, 2.24) is 4.90 Å². The molecule has 0 bridgehead atoms. The number of carbonyl (C=O) groups is 2. The van der Waals surface area contributed by atoms with Crippen molar-refractivity contribution in [2.45, 2.75) is 6.92 Å². The first kappa shape index (κ1) is 19.0. The van der Waals surface area contributed by atoms with Gasteiger partial charge in [0, 0.05) is 31.9 Å². The van der Waals surface area contributed by atoms with Crippen molar-refractivity contribution in [3.8, 4) is 0 Å². The van der Waals surface area contributed by atoms with Crippen LogP contribution in [0.5, 0.6) is 0 Å². The molecular formula is C20H21F2N3O2. The van der Waals surface area contributed by atoms with Crippen molar-refractivity contribution in [3.05, 3.63) is 59.7 Å². The van der Waals surface area contributed by atoms with E-state index < -0.39 is 5.82 Å². The van der Waals surface area contributed by atoms with Crippen molar-refractivity contribution in [2.75, 3.05) is 42.9 Å². The Hall–Kier alpha value is -2.80. The lowest BCUT2D eigenvalue weighted by Crippen LogP contribution is -2.49. The molecule has 3 rings (SSSR count). The number of ketones is 1. The summed E-state index contributed by atoms with van der Waals surface area (Å²) in [6, 6.07) is 10.2.